The Kier molecular flexibility index (Phi) is 5.90. The average Bonchev–Trinajstić information content (AvgIpc) is 2.63. The fraction of sp³-hybridized carbons (Fsp3) is 0.308. The fourth-order valence-electron chi connectivity index (χ4n) is 3.28. The van der Waals surface area contributed by atoms with Crippen molar-refractivity contribution in [3.63, 3.8) is 0 Å². The Morgan fingerprint density at radius 2 is 0.964 bits per heavy atom. The summed E-state index contributed by atoms with van der Waals surface area (Å²) in [6.45, 7) is 13.5. The first-order chi connectivity index (χ1) is 13.1. The SMILES string of the molecule is CC(C)(C)c1ccc(N(c2ccc(C(C)(C)C)cc2)c2ccccc2I)cc1. The van der Waals surface area contributed by atoms with Gasteiger partial charge in [0.25, 0.3) is 0 Å². The van der Waals surface area contributed by atoms with Crippen LogP contribution in [0.3, 0.4) is 0 Å². The predicted octanol–water partition coefficient (Wildman–Crippen LogP) is 8.36. The van der Waals surface area contributed by atoms with Gasteiger partial charge in [-0.15, -0.1) is 0 Å². The molecule has 0 bridgehead atoms. The molecule has 1 nitrogen and oxygen atoms in total. The lowest BCUT2D eigenvalue weighted by atomic mass is 9.86. The minimum atomic E-state index is 0.152. The Morgan fingerprint density at radius 1 is 0.571 bits per heavy atom. The number of anilines is 3. The van der Waals surface area contributed by atoms with Crippen LogP contribution >= 0.6 is 22.6 Å². The molecule has 3 rings (SSSR count). The lowest BCUT2D eigenvalue weighted by Gasteiger charge is -2.28. The molecular weight excluding hydrogens is 453 g/mol. The van der Waals surface area contributed by atoms with E-state index in [1.807, 2.05) is 0 Å². The van der Waals surface area contributed by atoms with E-state index in [2.05, 4.69) is 142 Å². The van der Waals surface area contributed by atoms with Crippen molar-refractivity contribution in [1.29, 1.82) is 0 Å². The van der Waals surface area contributed by atoms with Gasteiger partial charge in [0.15, 0.2) is 0 Å². The predicted molar refractivity (Wildman–Crippen MR) is 131 cm³/mol. The van der Waals surface area contributed by atoms with Crippen molar-refractivity contribution in [2.75, 3.05) is 4.90 Å². The maximum absolute atomic E-state index is 2.43. The van der Waals surface area contributed by atoms with Crippen LogP contribution in [-0.2, 0) is 10.8 Å². The molecule has 0 radical (unpaired) electrons. The highest BCUT2D eigenvalue weighted by Crippen LogP contribution is 2.38. The molecule has 0 amide bonds. The van der Waals surface area contributed by atoms with Gasteiger partial charge in [-0.1, -0.05) is 77.9 Å². The second-order valence-corrected chi connectivity index (χ2v) is 10.5. The van der Waals surface area contributed by atoms with Gasteiger partial charge in [0.1, 0.15) is 0 Å². The van der Waals surface area contributed by atoms with Gasteiger partial charge in [-0.2, -0.15) is 0 Å². The average molecular weight is 483 g/mol. The van der Waals surface area contributed by atoms with Gasteiger partial charge in [-0.25, -0.2) is 0 Å². The molecule has 0 fully saturated rings. The molecular formula is C26H30IN. The smallest absolute Gasteiger partial charge is 0.0595 e. The van der Waals surface area contributed by atoms with Crippen LogP contribution in [0.25, 0.3) is 0 Å². The number of hydrogen-bond donors (Lipinski definition) is 0. The second kappa shape index (κ2) is 7.90. The molecule has 0 aromatic heterocycles. The summed E-state index contributed by atoms with van der Waals surface area (Å²) in [6, 6.07) is 26.5. The molecule has 3 aromatic carbocycles. The number of para-hydroxylation sites is 1. The van der Waals surface area contributed by atoms with Crippen LogP contribution in [0.4, 0.5) is 17.1 Å². The van der Waals surface area contributed by atoms with Crippen molar-refractivity contribution >= 4 is 39.7 Å². The zero-order valence-corrected chi connectivity index (χ0v) is 19.9. The summed E-state index contributed by atoms with van der Waals surface area (Å²) in [4.78, 5) is 2.35. The van der Waals surface area contributed by atoms with E-state index in [0.29, 0.717) is 0 Å². The lowest BCUT2D eigenvalue weighted by molar-refractivity contribution is 0.590. The molecule has 2 heteroatoms. The second-order valence-electron chi connectivity index (χ2n) is 9.38. The molecule has 3 aromatic rings. The Morgan fingerprint density at radius 3 is 1.32 bits per heavy atom. The molecule has 0 spiro atoms. The van der Waals surface area contributed by atoms with Crippen molar-refractivity contribution in [3.05, 3.63) is 87.5 Å². The van der Waals surface area contributed by atoms with Gasteiger partial charge in [0.05, 0.1) is 5.69 Å². The molecule has 0 aliphatic rings. The third kappa shape index (κ3) is 4.60. The van der Waals surface area contributed by atoms with Crippen LogP contribution in [0.2, 0.25) is 0 Å². The first-order valence-electron chi connectivity index (χ1n) is 9.83. The zero-order valence-electron chi connectivity index (χ0n) is 17.8. The summed E-state index contributed by atoms with van der Waals surface area (Å²) in [5.41, 5.74) is 6.57. The Hall–Kier alpha value is -1.81. The topological polar surface area (TPSA) is 3.24 Å². The van der Waals surface area contributed by atoms with Crippen LogP contribution < -0.4 is 4.90 Å². The minimum Gasteiger partial charge on any atom is -0.309 e. The van der Waals surface area contributed by atoms with Gasteiger partial charge < -0.3 is 4.90 Å². The Labute approximate surface area is 183 Å². The van der Waals surface area contributed by atoms with Crippen LogP contribution in [0.15, 0.2) is 72.8 Å². The van der Waals surface area contributed by atoms with Gasteiger partial charge in [0, 0.05) is 14.9 Å². The molecule has 0 saturated heterocycles. The van der Waals surface area contributed by atoms with Crippen LogP contribution in [0, 0.1) is 3.57 Å². The van der Waals surface area contributed by atoms with E-state index < -0.39 is 0 Å². The first kappa shape index (κ1) is 20.9. The van der Waals surface area contributed by atoms with E-state index >= 15 is 0 Å². The minimum absolute atomic E-state index is 0.152. The molecule has 0 heterocycles. The van der Waals surface area contributed by atoms with E-state index in [4.69, 9.17) is 0 Å². The van der Waals surface area contributed by atoms with E-state index in [1.165, 1.54) is 31.8 Å². The van der Waals surface area contributed by atoms with Gasteiger partial charge in [-0.05, 0) is 80.9 Å². The van der Waals surface area contributed by atoms with Crippen molar-refractivity contribution in [2.45, 2.75) is 52.4 Å². The largest absolute Gasteiger partial charge is 0.309 e. The van der Waals surface area contributed by atoms with Gasteiger partial charge in [-0.3, -0.25) is 0 Å². The third-order valence-electron chi connectivity index (χ3n) is 5.08. The van der Waals surface area contributed by atoms with E-state index in [0.717, 1.165) is 0 Å². The molecule has 0 saturated carbocycles. The van der Waals surface area contributed by atoms with Crippen molar-refractivity contribution < 1.29 is 0 Å². The Bertz CT molecular complexity index is 868. The molecule has 0 N–H and O–H groups in total. The summed E-state index contributed by atoms with van der Waals surface area (Å²) < 4.78 is 1.24. The van der Waals surface area contributed by atoms with Gasteiger partial charge in [0.2, 0.25) is 0 Å². The number of benzene rings is 3. The number of hydrogen-bond acceptors (Lipinski definition) is 1. The molecule has 0 aliphatic carbocycles. The maximum atomic E-state index is 2.43. The van der Waals surface area contributed by atoms with E-state index in [1.54, 1.807) is 0 Å². The highest BCUT2D eigenvalue weighted by Gasteiger charge is 2.19. The van der Waals surface area contributed by atoms with Crippen LogP contribution in [-0.4, -0.2) is 0 Å². The van der Waals surface area contributed by atoms with Crippen LogP contribution in [0.5, 0.6) is 0 Å². The molecule has 28 heavy (non-hydrogen) atoms. The monoisotopic (exact) mass is 483 g/mol. The van der Waals surface area contributed by atoms with Gasteiger partial charge >= 0.3 is 0 Å². The third-order valence-corrected chi connectivity index (χ3v) is 5.99. The normalized spacial score (nSPS) is 12.1. The van der Waals surface area contributed by atoms with Crippen molar-refractivity contribution in [3.8, 4) is 0 Å². The zero-order chi connectivity index (χ0) is 20.5. The Balaban J connectivity index is 2.10. The molecule has 0 unspecified atom stereocenters. The quantitative estimate of drug-likeness (QED) is 0.339. The summed E-state index contributed by atoms with van der Waals surface area (Å²) in [5, 5.41) is 0. The standard InChI is InChI=1S/C26H30IN/c1-25(2,3)19-11-15-21(16-12-19)28(24-10-8-7-9-23(24)27)22-17-13-20(14-18-22)26(4,5)6/h7-18H,1-6H3. The number of halogens is 1. The fourth-order valence-corrected chi connectivity index (χ4v) is 3.91. The van der Waals surface area contributed by atoms with E-state index in [9.17, 15) is 0 Å². The first-order valence-corrected chi connectivity index (χ1v) is 10.9. The van der Waals surface area contributed by atoms with Crippen molar-refractivity contribution in [2.24, 2.45) is 0 Å². The molecule has 0 aliphatic heterocycles. The maximum Gasteiger partial charge on any atom is 0.0595 e. The lowest BCUT2D eigenvalue weighted by Crippen LogP contribution is -2.15. The summed E-state index contributed by atoms with van der Waals surface area (Å²) >= 11 is 2.43. The summed E-state index contributed by atoms with van der Waals surface area (Å²) in [7, 11) is 0. The summed E-state index contributed by atoms with van der Waals surface area (Å²) in [6.07, 6.45) is 0. The molecule has 146 valence electrons. The van der Waals surface area contributed by atoms with E-state index in [-0.39, 0.29) is 10.8 Å². The molecule has 0 atom stereocenters. The number of nitrogens with zero attached hydrogens (tertiary/aromatic N) is 1. The highest BCUT2D eigenvalue weighted by molar-refractivity contribution is 14.1. The van der Waals surface area contributed by atoms with Crippen LogP contribution in [0.1, 0.15) is 52.7 Å². The highest BCUT2D eigenvalue weighted by atomic mass is 127. The van der Waals surface area contributed by atoms with Crippen molar-refractivity contribution in [1.82, 2.24) is 0 Å². The summed E-state index contributed by atoms with van der Waals surface area (Å²) in [5.74, 6) is 0. The number of rotatable bonds is 3.